The molecule has 0 fully saturated rings. The maximum absolute atomic E-state index is 12.8. The lowest BCUT2D eigenvalue weighted by Crippen LogP contribution is -2.23. The molecule has 0 aliphatic rings. The molecule has 4 aromatic heterocycles. The van der Waals surface area contributed by atoms with E-state index in [1.807, 2.05) is 0 Å². The minimum Gasteiger partial charge on any atom is -0.481 e. The van der Waals surface area contributed by atoms with E-state index in [2.05, 4.69) is 9.97 Å². The third-order valence-electron chi connectivity index (χ3n) is 4.33. The molecule has 4 rings (SSSR count). The van der Waals surface area contributed by atoms with Gasteiger partial charge in [-0.2, -0.15) is 0 Å². The monoisotopic (exact) mass is 462 g/mol. The average molecular weight is 463 g/mol. The van der Waals surface area contributed by atoms with Gasteiger partial charge in [0.25, 0.3) is 11.1 Å². The lowest BCUT2D eigenvalue weighted by Gasteiger charge is -2.11. The van der Waals surface area contributed by atoms with E-state index in [-0.39, 0.29) is 24.1 Å². The first-order valence-corrected chi connectivity index (χ1v) is 11.2. The Morgan fingerprint density at radius 3 is 2.87 bits per heavy atom. The SMILES string of the molecule is O=C(O)CCCn1c(SCc2cc(=O)n3cc(Cl)ccc3n2)nc2ccsc2c1=O. The molecule has 1 N–H and O–H groups in total. The molecule has 0 saturated carbocycles. The summed E-state index contributed by atoms with van der Waals surface area (Å²) in [6.07, 6.45) is 1.79. The van der Waals surface area contributed by atoms with Crippen LogP contribution in [-0.2, 0) is 17.1 Å². The highest BCUT2D eigenvalue weighted by molar-refractivity contribution is 7.98. The molecule has 8 nitrogen and oxygen atoms in total. The molecule has 0 spiro atoms. The fraction of sp³-hybridized carbons (Fsp3) is 0.211. The van der Waals surface area contributed by atoms with Gasteiger partial charge in [0.05, 0.1) is 16.2 Å². The van der Waals surface area contributed by atoms with E-state index in [0.717, 1.165) is 0 Å². The number of carboxylic acids is 1. The first-order valence-electron chi connectivity index (χ1n) is 8.93. The summed E-state index contributed by atoms with van der Waals surface area (Å²) >= 11 is 8.53. The van der Waals surface area contributed by atoms with Crippen molar-refractivity contribution < 1.29 is 9.90 Å². The molecule has 0 atom stereocenters. The topological polar surface area (TPSA) is 107 Å². The van der Waals surface area contributed by atoms with Gasteiger partial charge >= 0.3 is 5.97 Å². The molecule has 154 valence electrons. The van der Waals surface area contributed by atoms with Crippen LogP contribution in [0.4, 0.5) is 0 Å². The Balaban J connectivity index is 1.65. The summed E-state index contributed by atoms with van der Waals surface area (Å²) in [7, 11) is 0. The van der Waals surface area contributed by atoms with Crippen LogP contribution in [0.1, 0.15) is 18.5 Å². The lowest BCUT2D eigenvalue weighted by atomic mass is 10.3. The van der Waals surface area contributed by atoms with E-state index in [1.54, 1.807) is 23.6 Å². The first kappa shape index (κ1) is 20.6. The maximum atomic E-state index is 12.8. The minimum absolute atomic E-state index is 0.0371. The van der Waals surface area contributed by atoms with Gasteiger partial charge in [-0.25, -0.2) is 9.97 Å². The van der Waals surface area contributed by atoms with E-state index in [9.17, 15) is 14.4 Å². The van der Waals surface area contributed by atoms with Crippen molar-refractivity contribution in [3.8, 4) is 0 Å². The summed E-state index contributed by atoms with van der Waals surface area (Å²) in [5, 5.41) is 11.6. The molecule has 0 radical (unpaired) electrons. The smallest absolute Gasteiger partial charge is 0.303 e. The van der Waals surface area contributed by atoms with Crippen LogP contribution in [0.2, 0.25) is 5.02 Å². The average Bonchev–Trinajstić information content (AvgIpc) is 3.17. The Hall–Kier alpha value is -2.69. The Kier molecular flexibility index (Phi) is 5.89. The number of pyridine rings is 1. The van der Waals surface area contributed by atoms with Gasteiger partial charge in [-0.05, 0) is 30.0 Å². The van der Waals surface area contributed by atoms with Crippen molar-refractivity contribution in [3.05, 3.63) is 67.3 Å². The van der Waals surface area contributed by atoms with Crippen molar-refractivity contribution in [1.29, 1.82) is 0 Å². The molecular formula is C19H15ClN4O4S2. The van der Waals surface area contributed by atoms with Crippen molar-refractivity contribution in [2.75, 3.05) is 0 Å². The molecule has 0 bridgehead atoms. The highest BCUT2D eigenvalue weighted by Gasteiger charge is 2.14. The minimum atomic E-state index is -0.914. The van der Waals surface area contributed by atoms with Crippen LogP contribution in [-0.4, -0.2) is 30.0 Å². The third-order valence-corrected chi connectivity index (χ3v) is 6.45. The zero-order valence-corrected chi connectivity index (χ0v) is 17.8. The number of carbonyl (C=O) groups is 1. The highest BCUT2D eigenvalue weighted by atomic mass is 35.5. The van der Waals surface area contributed by atoms with Crippen molar-refractivity contribution in [1.82, 2.24) is 18.9 Å². The van der Waals surface area contributed by atoms with Crippen molar-refractivity contribution in [2.45, 2.75) is 30.3 Å². The molecule has 0 aliphatic carbocycles. The number of carboxylic acid groups (broad SMARTS) is 1. The van der Waals surface area contributed by atoms with E-state index in [1.165, 1.54) is 44.3 Å². The number of hydrogen-bond donors (Lipinski definition) is 1. The van der Waals surface area contributed by atoms with Crippen LogP contribution in [0.25, 0.3) is 15.9 Å². The number of fused-ring (bicyclic) bond motifs is 2. The summed E-state index contributed by atoms with van der Waals surface area (Å²) in [5.74, 6) is -0.585. The molecule has 0 aliphatic heterocycles. The predicted molar refractivity (Wildman–Crippen MR) is 117 cm³/mol. The number of aliphatic carboxylic acids is 1. The molecule has 30 heavy (non-hydrogen) atoms. The fourth-order valence-electron chi connectivity index (χ4n) is 2.96. The zero-order chi connectivity index (χ0) is 21.3. The quantitative estimate of drug-likeness (QED) is 0.331. The predicted octanol–water partition coefficient (Wildman–Crippen LogP) is 3.28. The van der Waals surface area contributed by atoms with E-state index in [0.29, 0.717) is 43.9 Å². The van der Waals surface area contributed by atoms with Crippen LogP contribution in [0.5, 0.6) is 0 Å². The Morgan fingerprint density at radius 2 is 2.07 bits per heavy atom. The van der Waals surface area contributed by atoms with E-state index >= 15 is 0 Å². The van der Waals surface area contributed by atoms with E-state index in [4.69, 9.17) is 16.7 Å². The van der Waals surface area contributed by atoms with Crippen LogP contribution >= 0.6 is 34.7 Å². The third kappa shape index (κ3) is 4.25. The van der Waals surface area contributed by atoms with Gasteiger partial charge in [0.1, 0.15) is 10.3 Å². The lowest BCUT2D eigenvalue weighted by molar-refractivity contribution is -0.137. The molecule has 4 aromatic rings. The number of thioether (sulfide) groups is 1. The Labute approximate surface area is 182 Å². The second kappa shape index (κ2) is 8.58. The second-order valence-electron chi connectivity index (χ2n) is 6.43. The van der Waals surface area contributed by atoms with Crippen LogP contribution < -0.4 is 11.1 Å². The number of aromatic nitrogens is 4. The number of halogens is 1. The van der Waals surface area contributed by atoms with Crippen LogP contribution in [0.3, 0.4) is 0 Å². The van der Waals surface area contributed by atoms with Gasteiger partial charge in [-0.3, -0.25) is 23.4 Å². The highest BCUT2D eigenvalue weighted by Crippen LogP contribution is 2.24. The standard InChI is InChI=1S/C19H15ClN4O4S2/c20-11-3-4-14-21-12(8-15(25)24(14)9-11)10-30-19-22-13-5-7-29-17(13)18(28)23(19)6-1-2-16(26)27/h3-5,7-9H,1-2,6,10H2,(H,26,27). The fourth-order valence-corrected chi connectivity index (χ4v) is 4.81. The maximum Gasteiger partial charge on any atom is 0.303 e. The molecule has 0 aromatic carbocycles. The summed E-state index contributed by atoms with van der Waals surface area (Å²) < 4.78 is 3.40. The van der Waals surface area contributed by atoms with Crippen molar-refractivity contribution in [3.63, 3.8) is 0 Å². The molecule has 4 heterocycles. The van der Waals surface area contributed by atoms with Gasteiger partial charge in [-0.1, -0.05) is 23.4 Å². The largest absolute Gasteiger partial charge is 0.481 e. The first-order chi connectivity index (χ1) is 14.4. The zero-order valence-electron chi connectivity index (χ0n) is 15.4. The molecule has 0 saturated heterocycles. The molecule has 11 heteroatoms. The van der Waals surface area contributed by atoms with Gasteiger partial charge in [-0.15, -0.1) is 11.3 Å². The molecule has 0 unspecified atom stereocenters. The summed E-state index contributed by atoms with van der Waals surface area (Å²) in [5.41, 5.74) is 1.18. The summed E-state index contributed by atoms with van der Waals surface area (Å²) in [6.45, 7) is 0.251. The van der Waals surface area contributed by atoms with Crippen LogP contribution in [0, 0.1) is 0 Å². The van der Waals surface area contributed by atoms with Gasteiger partial charge < -0.3 is 5.11 Å². The number of thiophene rings is 1. The summed E-state index contributed by atoms with van der Waals surface area (Å²) in [4.78, 5) is 45.1. The molecular weight excluding hydrogens is 448 g/mol. The Bertz CT molecular complexity index is 1380. The van der Waals surface area contributed by atoms with Crippen molar-refractivity contribution in [2.24, 2.45) is 0 Å². The molecule has 0 amide bonds. The van der Waals surface area contributed by atoms with Crippen molar-refractivity contribution >= 4 is 56.5 Å². The van der Waals surface area contributed by atoms with E-state index < -0.39 is 5.97 Å². The second-order valence-corrected chi connectivity index (χ2v) is 8.73. The van der Waals surface area contributed by atoms with Gasteiger partial charge in [0, 0.05) is 31.0 Å². The Morgan fingerprint density at radius 1 is 1.23 bits per heavy atom. The number of hydrogen-bond acceptors (Lipinski definition) is 7. The van der Waals surface area contributed by atoms with Gasteiger partial charge in [0.2, 0.25) is 0 Å². The summed E-state index contributed by atoms with van der Waals surface area (Å²) in [6, 6.07) is 6.52. The number of nitrogens with zero attached hydrogens (tertiary/aromatic N) is 4. The normalized spacial score (nSPS) is 11.4. The van der Waals surface area contributed by atoms with Crippen LogP contribution in [0.15, 0.2) is 50.6 Å². The van der Waals surface area contributed by atoms with Gasteiger partial charge in [0.15, 0.2) is 5.16 Å². The number of rotatable bonds is 7.